The minimum Gasteiger partial charge on any atom is -0.489 e. The van der Waals surface area contributed by atoms with Crippen LogP contribution in [0.25, 0.3) is 0 Å². The Morgan fingerprint density at radius 1 is 1.03 bits per heavy atom. The Labute approximate surface area is 181 Å². The number of carbonyl (C=O) groups excluding carboxylic acids is 1. The summed E-state index contributed by atoms with van der Waals surface area (Å²) in [5, 5.41) is 0. The van der Waals surface area contributed by atoms with Gasteiger partial charge in [0.25, 0.3) is 0 Å². The predicted molar refractivity (Wildman–Crippen MR) is 118 cm³/mol. The van der Waals surface area contributed by atoms with E-state index in [1.165, 1.54) is 0 Å². The Kier molecular flexibility index (Phi) is 7.19. The van der Waals surface area contributed by atoms with E-state index >= 15 is 0 Å². The zero-order valence-corrected chi connectivity index (χ0v) is 18.9. The molecule has 1 heterocycles. The smallest absolute Gasteiger partial charge is 0.410 e. The van der Waals surface area contributed by atoms with Gasteiger partial charge in [0.2, 0.25) is 0 Å². The molecule has 1 amide bonds. The van der Waals surface area contributed by atoms with Gasteiger partial charge in [0.15, 0.2) is 0 Å². The Morgan fingerprint density at radius 3 is 2.38 bits per heavy atom. The van der Waals surface area contributed by atoms with Crippen LogP contribution in [-0.2, 0) is 17.9 Å². The molecule has 0 bridgehead atoms. The van der Waals surface area contributed by atoms with Gasteiger partial charge in [0.1, 0.15) is 18.0 Å². The molecule has 0 radical (unpaired) electrons. The molecule has 2 aromatic rings. The summed E-state index contributed by atoms with van der Waals surface area (Å²) < 4.78 is 12.6. The fraction of sp³-hybridized carbons (Fsp3) is 0.435. The van der Waals surface area contributed by atoms with Crippen molar-refractivity contribution in [1.29, 1.82) is 0 Å². The van der Waals surface area contributed by atoms with Crippen LogP contribution in [0.3, 0.4) is 0 Å². The van der Waals surface area contributed by atoms with E-state index in [1.54, 1.807) is 4.90 Å². The molecule has 1 saturated heterocycles. The van der Waals surface area contributed by atoms with Crippen LogP contribution in [0.5, 0.6) is 5.75 Å². The van der Waals surface area contributed by atoms with Crippen LogP contribution in [0.4, 0.5) is 4.79 Å². The lowest BCUT2D eigenvalue weighted by atomic mass is 10.1. The molecule has 0 aromatic heterocycles. The highest BCUT2D eigenvalue weighted by Crippen LogP contribution is 2.26. The molecule has 1 fully saturated rings. The quantitative estimate of drug-likeness (QED) is 0.623. The van der Waals surface area contributed by atoms with Gasteiger partial charge in [-0.1, -0.05) is 52.3 Å². The molecule has 2 aromatic carbocycles. The average molecular weight is 461 g/mol. The number of ether oxygens (including phenoxy) is 2. The summed E-state index contributed by atoms with van der Waals surface area (Å²) in [6.07, 6.45) is -0.229. The van der Waals surface area contributed by atoms with E-state index in [2.05, 4.69) is 39.0 Å². The third kappa shape index (κ3) is 6.75. The zero-order valence-electron chi connectivity index (χ0n) is 17.4. The van der Waals surface area contributed by atoms with Gasteiger partial charge in [0.05, 0.1) is 0 Å². The van der Waals surface area contributed by atoms with E-state index in [0.717, 1.165) is 41.0 Å². The maximum absolute atomic E-state index is 12.3. The van der Waals surface area contributed by atoms with Gasteiger partial charge in [-0.25, -0.2) is 4.79 Å². The molecule has 5 nitrogen and oxygen atoms in total. The molecule has 6 heteroatoms. The monoisotopic (exact) mass is 460 g/mol. The highest BCUT2D eigenvalue weighted by Gasteiger charge is 2.26. The Hall–Kier alpha value is -2.05. The number of amides is 1. The molecule has 0 saturated carbocycles. The van der Waals surface area contributed by atoms with Gasteiger partial charge >= 0.3 is 6.09 Å². The molecular weight excluding hydrogens is 432 g/mol. The number of rotatable bonds is 5. The molecule has 3 rings (SSSR count). The lowest BCUT2D eigenvalue weighted by molar-refractivity contribution is 0.0138. The minimum atomic E-state index is -0.462. The topological polar surface area (TPSA) is 42.0 Å². The van der Waals surface area contributed by atoms with Crippen molar-refractivity contribution in [2.45, 2.75) is 39.5 Å². The van der Waals surface area contributed by atoms with Crippen LogP contribution in [-0.4, -0.2) is 47.7 Å². The van der Waals surface area contributed by atoms with Crippen molar-refractivity contribution in [3.05, 3.63) is 64.1 Å². The summed E-state index contributed by atoms with van der Waals surface area (Å²) in [5.41, 5.74) is 1.83. The molecule has 0 N–H and O–H groups in total. The zero-order chi connectivity index (χ0) is 20.9. The first-order valence-corrected chi connectivity index (χ1v) is 10.7. The summed E-state index contributed by atoms with van der Waals surface area (Å²) in [5.74, 6) is 0.887. The van der Waals surface area contributed by atoms with Crippen molar-refractivity contribution in [3.8, 4) is 5.75 Å². The van der Waals surface area contributed by atoms with Crippen LogP contribution >= 0.6 is 15.9 Å². The maximum atomic E-state index is 12.3. The second-order valence-electron chi connectivity index (χ2n) is 8.27. The van der Waals surface area contributed by atoms with E-state index in [-0.39, 0.29) is 6.09 Å². The molecule has 1 aliphatic rings. The first-order valence-electron chi connectivity index (χ1n) is 9.95. The van der Waals surface area contributed by atoms with Gasteiger partial charge in [-0.05, 0) is 38.5 Å². The highest BCUT2D eigenvalue weighted by molar-refractivity contribution is 9.10. The summed E-state index contributed by atoms with van der Waals surface area (Å²) >= 11 is 3.54. The number of benzene rings is 2. The van der Waals surface area contributed by atoms with Crippen LogP contribution in [0.2, 0.25) is 0 Å². The molecule has 0 spiro atoms. The third-order valence-corrected chi connectivity index (χ3v) is 5.18. The first kappa shape index (κ1) is 21.7. The minimum absolute atomic E-state index is 0.229. The van der Waals surface area contributed by atoms with Crippen molar-refractivity contribution >= 4 is 22.0 Å². The summed E-state index contributed by atoms with van der Waals surface area (Å²) in [7, 11) is 0. The summed E-state index contributed by atoms with van der Waals surface area (Å²) in [6, 6.07) is 16.3. The Bertz CT molecular complexity index is 813. The second kappa shape index (κ2) is 9.63. The van der Waals surface area contributed by atoms with Crippen molar-refractivity contribution in [3.63, 3.8) is 0 Å². The van der Waals surface area contributed by atoms with E-state index in [4.69, 9.17) is 9.47 Å². The van der Waals surface area contributed by atoms with Gasteiger partial charge < -0.3 is 14.4 Å². The van der Waals surface area contributed by atoms with Crippen LogP contribution < -0.4 is 4.74 Å². The Balaban J connectivity index is 1.57. The second-order valence-corrected chi connectivity index (χ2v) is 9.19. The van der Waals surface area contributed by atoms with Gasteiger partial charge in [-0.3, -0.25) is 4.90 Å². The number of nitrogens with zero attached hydrogens (tertiary/aromatic N) is 2. The van der Waals surface area contributed by atoms with Crippen LogP contribution in [0, 0.1) is 0 Å². The molecular formula is C23H29BrN2O3. The van der Waals surface area contributed by atoms with Crippen LogP contribution in [0.15, 0.2) is 53.0 Å². The lowest BCUT2D eigenvalue weighted by Gasteiger charge is -2.35. The van der Waals surface area contributed by atoms with Gasteiger partial charge in [-0.15, -0.1) is 0 Å². The first-order chi connectivity index (χ1) is 13.8. The molecule has 0 atom stereocenters. The van der Waals surface area contributed by atoms with E-state index in [1.807, 2.05) is 51.1 Å². The molecule has 0 aliphatic carbocycles. The number of halogens is 1. The highest BCUT2D eigenvalue weighted by atomic mass is 79.9. The van der Waals surface area contributed by atoms with Crippen molar-refractivity contribution in [2.75, 3.05) is 26.2 Å². The maximum Gasteiger partial charge on any atom is 0.410 e. The average Bonchev–Trinajstić information content (AvgIpc) is 2.68. The SMILES string of the molecule is CC(C)(C)OC(=O)N1CCN(Cc2ccc(Br)cc2OCc2ccccc2)CC1. The van der Waals surface area contributed by atoms with E-state index < -0.39 is 5.60 Å². The normalized spacial score (nSPS) is 15.2. The van der Waals surface area contributed by atoms with Gasteiger partial charge in [-0.2, -0.15) is 0 Å². The molecule has 29 heavy (non-hydrogen) atoms. The number of carbonyl (C=O) groups is 1. The standard InChI is InChI=1S/C23H29BrN2O3/c1-23(2,3)29-22(27)26-13-11-25(12-14-26)16-19-9-10-20(24)15-21(19)28-17-18-7-5-4-6-8-18/h4-10,15H,11-14,16-17H2,1-3H3. The molecule has 1 aliphatic heterocycles. The van der Waals surface area contributed by atoms with E-state index in [9.17, 15) is 4.79 Å². The molecule has 156 valence electrons. The third-order valence-electron chi connectivity index (χ3n) is 4.68. The number of piperazine rings is 1. The van der Waals surface area contributed by atoms with E-state index in [0.29, 0.717) is 19.7 Å². The summed E-state index contributed by atoms with van der Waals surface area (Å²) in [4.78, 5) is 16.4. The number of hydrogen-bond acceptors (Lipinski definition) is 4. The molecule has 0 unspecified atom stereocenters. The summed E-state index contributed by atoms with van der Waals surface area (Å²) in [6.45, 7) is 9.98. The Morgan fingerprint density at radius 2 is 1.72 bits per heavy atom. The number of hydrogen-bond donors (Lipinski definition) is 0. The van der Waals surface area contributed by atoms with Crippen molar-refractivity contribution in [2.24, 2.45) is 0 Å². The predicted octanol–water partition coefficient (Wildman–Crippen LogP) is 5.08. The van der Waals surface area contributed by atoms with Crippen molar-refractivity contribution < 1.29 is 14.3 Å². The van der Waals surface area contributed by atoms with Crippen molar-refractivity contribution in [1.82, 2.24) is 9.80 Å². The fourth-order valence-corrected chi connectivity index (χ4v) is 3.52. The lowest BCUT2D eigenvalue weighted by Crippen LogP contribution is -2.49. The largest absolute Gasteiger partial charge is 0.489 e. The fourth-order valence-electron chi connectivity index (χ4n) is 3.18. The van der Waals surface area contributed by atoms with Gasteiger partial charge in [0, 0.05) is 42.8 Å². The van der Waals surface area contributed by atoms with Crippen LogP contribution in [0.1, 0.15) is 31.9 Å².